The highest BCUT2D eigenvalue weighted by atomic mass is 32.2. The highest BCUT2D eigenvalue weighted by Crippen LogP contribution is 2.36. The van der Waals surface area contributed by atoms with E-state index in [0.29, 0.717) is 24.2 Å². The molecule has 1 aliphatic rings. The van der Waals surface area contributed by atoms with Gasteiger partial charge in [-0.1, -0.05) is 24.8 Å². The van der Waals surface area contributed by atoms with E-state index in [1.165, 1.54) is 22.2 Å². The van der Waals surface area contributed by atoms with Crippen LogP contribution in [0.2, 0.25) is 0 Å². The van der Waals surface area contributed by atoms with Crippen molar-refractivity contribution >= 4 is 39.3 Å². The minimum atomic E-state index is -0.426. The zero-order valence-corrected chi connectivity index (χ0v) is 17.0. The van der Waals surface area contributed by atoms with Gasteiger partial charge < -0.3 is 4.74 Å². The molecule has 2 aromatic rings. The van der Waals surface area contributed by atoms with Crippen LogP contribution in [-0.4, -0.2) is 27.4 Å². The Bertz CT molecular complexity index is 900. The zero-order chi connectivity index (χ0) is 18.8. The number of aromatic nitrogens is 2. The predicted molar refractivity (Wildman–Crippen MR) is 107 cm³/mol. The van der Waals surface area contributed by atoms with E-state index in [4.69, 9.17) is 9.72 Å². The van der Waals surface area contributed by atoms with Crippen molar-refractivity contribution in [3.8, 4) is 0 Å². The van der Waals surface area contributed by atoms with Gasteiger partial charge in [0.2, 0.25) is 0 Å². The Balaban J connectivity index is 2.08. The van der Waals surface area contributed by atoms with Crippen molar-refractivity contribution in [1.29, 1.82) is 0 Å². The van der Waals surface area contributed by atoms with E-state index >= 15 is 0 Å². The molecule has 0 N–H and O–H groups in total. The molecule has 0 saturated heterocycles. The fourth-order valence-electron chi connectivity index (χ4n) is 3.25. The first-order chi connectivity index (χ1) is 12.5. The molecule has 0 saturated carbocycles. The number of hydrogen-bond donors (Lipinski definition) is 0. The van der Waals surface area contributed by atoms with Gasteiger partial charge in [-0.25, -0.2) is 4.98 Å². The fourth-order valence-corrected chi connectivity index (χ4v) is 5.59. The lowest BCUT2D eigenvalue weighted by atomic mass is 9.89. The number of thiophene rings is 1. The Morgan fingerprint density at radius 1 is 1.58 bits per heavy atom. The summed E-state index contributed by atoms with van der Waals surface area (Å²) < 4.78 is 6.70. The maximum Gasteiger partial charge on any atom is 0.319 e. The summed E-state index contributed by atoms with van der Waals surface area (Å²) in [6.45, 7) is 10.3. The molecule has 26 heavy (non-hydrogen) atoms. The summed E-state index contributed by atoms with van der Waals surface area (Å²) in [4.78, 5) is 32.0. The third kappa shape index (κ3) is 3.60. The third-order valence-corrected chi connectivity index (χ3v) is 6.81. The minimum absolute atomic E-state index is 0.0273. The maximum atomic E-state index is 13.2. The molecule has 3 rings (SSSR count). The zero-order valence-electron chi connectivity index (χ0n) is 15.4. The molecule has 2 aromatic heterocycles. The van der Waals surface area contributed by atoms with E-state index in [-0.39, 0.29) is 11.5 Å². The van der Waals surface area contributed by atoms with E-state index in [1.54, 1.807) is 35.8 Å². The Kier molecular flexibility index (Phi) is 5.87. The highest BCUT2D eigenvalue weighted by Gasteiger charge is 2.26. The van der Waals surface area contributed by atoms with Gasteiger partial charge in [0, 0.05) is 11.4 Å². The molecular weight excluding hydrogens is 368 g/mol. The lowest BCUT2D eigenvalue weighted by Gasteiger charge is -2.18. The smallest absolute Gasteiger partial charge is 0.319 e. The topological polar surface area (TPSA) is 61.2 Å². The standard InChI is InChI=1S/C19H24N2O3S2/c1-5-9-21-17(22)15-13-8-7-11(3)10-14(13)26-16(15)20-19(21)25-12(4)18(23)24-6-2/h5,11-12H,1,6-10H2,2-4H3. The molecule has 0 bridgehead atoms. The lowest BCUT2D eigenvalue weighted by molar-refractivity contribution is -0.142. The normalized spacial score (nSPS) is 17.7. The number of carbonyl (C=O) groups excluding carboxylic acids is 1. The number of carbonyl (C=O) groups is 1. The van der Waals surface area contributed by atoms with E-state index in [9.17, 15) is 9.59 Å². The molecule has 0 amide bonds. The van der Waals surface area contributed by atoms with Crippen LogP contribution < -0.4 is 5.56 Å². The molecular formula is C19H24N2O3S2. The Labute approximate surface area is 161 Å². The third-order valence-electron chi connectivity index (χ3n) is 4.59. The maximum absolute atomic E-state index is 13.2. The molecule has 2 heterocycles. The first-order valence-electron chi connectivity index (χ1n) is 8.95. The predicted octanol–water partition coefficient (Wildman–Crippen LogP) is 3.81. The van der Waals surface area contributed by atoms with Crippen molar-refractivity contribution in [3.63, 3.8) is 0 Å². The molecule has 140 valence electrons. The van der Waals surface area contributed by atoms with Gasteiger partial charge in [-0.2, -0.15) is 0 Å². The first-order valence-corrected chi connectivity index (χ1v) is 10.6. The average Bonchev–Trinajstić information content (AvgIpc) is 2.95. The summed E-state index contributed by atoms with van der Waals surface area (Å²) in [5.74, 6) is 0.347. The van der Waals surface area contributed by atoms with E-state index in [1.807, 2.05) is 0 Å². The summed E-state index contributed by atoms with van der Waals surface area (Å²) in [6, 6.07) is 0. The number of fused-ring (bicyclic) bond motifs is 3. The van der Waals surface area contributed by atoms with Crippen molar-refractivity contribution in [2.24, 2.45) is 5.92 Å². The summed E-state index contributed by atoms with van der Waals surface area (Å²) in [6.07, 6.45) is 4.75. The molecule has 0 aromatic carbocycles. The Hall–Kier alpha value is -1.60. The second kappa shape index (κ2) is 7.96. The van der Waals surface area contributed by atoms with Crippen molar-refractivity contribution in [2.75, 3.05) is 6.61 Å². The summed E-state index contributed by atoms with van der Waals surface area (Å²) >= 11 is 2.89. The summed E-state index contributed by atoms with van der Waals surface area (Å²) in [5, 5.41) is 0.881. The molecule has 0 fully saturated rings. The Morgan fingerprint density at radius 3 is 3.04 bits per heavy atom. The molecule has 0 radical (unpaired) electrons. The molecule has 2 unspecified atom stereocenters. The van der Waals surface area contributed by atoms with Gasteiger partial charge in [-0.3, -0.25) is 14.2 Å². The van der Waals surface area contributed by atoms with Gasteiger partial charge >= 0.3 is 5.97 Å². The van der Waals surface area contributed by atoms with Gasteiger partial charge in [-0.15, -0.1) is 17.9 Å². The van der Waals surface area contributed by atoms with Gasteiger partial charge in [-0.05, 0) is 44.6 Å². The van der Waals surface area contributed by atoms with Crippen LogP contribution in [0.15, 0.2) is 22.6 Å². The van der Waals surface area contributed by atoms with Crippen molar-refractivity contribution in [2.45, 2.75) is 57.0 Å². The molecule has 7 heteroatoms. The van der Waals surface area contributed by atoms with Crippen LogP contribution in [0.25, 0.3) is 10.2 Å². The van der Waals surface area contributed by atoms with Crippen molar-refractivity contribution < 1.29 is 9.53 Å². The van der Waals surface area contributed by atoms with Gasteiger partial charge in [0.15, 0.2) is 5.16 Å². The summed E-state index contributed by atoms with van der Waals surface area (Å²) in [7, 11) is 0. The van der Waals surface area contributed by atoms with Crippen LogP contribution in [0, 0.1) is 5.92 Å². The van der Waals surface area contributed by atoms with Crippen LogP contribution in [0.3, 0.4) is 0 Å². The number of esters is 1. The number of ether oxygens (including phenoxy) is 1. The van der Waals surface area contributed by atoms with Gasteiger partial charge in [0.25, 0.3) is 5.56 Å². The van der Waals surface area contributed by atoms with Crippen molar-refractivity contribution in [3.05, 3.63) is 33.4 Å². The van der Waals surface area contributed by atoms with Crippen LogP contribution in [0.1, 0.15) is 37.6 Å². The average molecular weight is 393 g/mol. The molecule has 5 nitrogen and oxygen atoms in total. The second-order valence-corrected chi connectivity index (χ2v) is 9.03. The lowest BCUT2D eigenvalue weighted by Crippen LogP contribution is -2.25. The fraction of sp³-hybridized carbons (Fsp3) is 0.526. The van der Waals surface area contributed by atoms with Crippen molar-refractivity contribution in [1.82, 2.24) is 9.55 Å². The van der Waals surface area contributed by atoms with Gasteiger partial charge in [0.1, 0.15) is 10.1 Å². The first kappa shape index (κ1) is 19.2. The van der Waals surface area contributed by atoms with Crippen LogP contribution in [-0.2, 0) is 28.9 Å². The number of nitrogens with zero attached hydrogens (tertiary/aromatic N) is 2. The van der Waals surface area contributed by atoms with E-state index < -0.39 is 5.25 Å². The van der Waals surface area contributed by atoms with Gasteiger partial charge in [0.05, 0.1) is 12.0 Å². The second-order valence-electron chi connectivity index (χ2n) is 6.64. The Morgan fingerprint density at radius 2 is 2.35 bits per heavy atom. The van der Waals surface area contributed by atoms with Crippen LogP contribution >= 0.6 is 23.1 Å². The largest absolute Gasteiger partial charge is 0.465 e. The number of aryl methyl sites for hydroxylation is 1. The number of allylic oxidation sites excluding steroid dienone is 1. The highest BCUT2D eigenvalue weighted by molar-refractivity contribution is 8.00. The summed E-state index contributed by atoms with van der Waals surface area (Å²) in [5.41, 5.74) is 1.15. The van der Waals surface area contributed by atoms with E-state index in [0.717, 1.165) is 29.5 Å². The molecule has 0 spiro atoms. The van der Waals surface area contributed by atoms with E-state index in [2.05, 4.69) is 13.5 Å². The van der Waals surface area contributed by atoms with Crippen LogP contribution in [0.5, 0.6) is 0 Å². The number of hydrogen-bond acceptors (Lipinski definition) is 6. The number of thioether (sulfide) groups is 1. The number of rotatable bonds is 6. The molecule has 2 atom stereocenters. The molecule has 1 aliphatic carbocycles. The minimum Gasteiger partial charge on any atom is -0.465 e. The quantitative estimate of drug-likeness (QED) is 0.324. The monoisotopic (exact) mass is 392 g/mol. The SMILES string of the molecule is C=CCn1c(SC(C)C(=O)OCC)nc2sc3c(c2c1=O)CCC(C)C3. The molecule has 0 aliphatic heterocycles. The van der Waals surface area contributed by atoms with Crippen LogP contribution in [0.4, 0.5) is 0 Å².